The van der Waals surface area contributed by atoms with E-state index in [2.05, 4.69) is 56.3 Å². The summed E-state index contributed by atoms with van der Waals surface area (Å²) in [7, 11) is 1.71. The minimum Gasteiger partial charge on any atom is -0.497 e. The molecule has 3 atom stereocenters. The van der Waals surface area contributed by atoms with Crippen molar-refractivity contribution in [3.8, 4) is 5.75 Å². The van der Waals surface area contributed by atoms with E-state index in [4.69, 9.17) is 9.47 Å². The number of hydrogen-bond donors (Lipinski definition) is 0. The van der Waals surface area contributed by atoms with Crippen molar-refractivity contribution < 1.29 is 9.47 Å². The standard InChI is InChI=1S/C22H28O2S/c1-17-16-24-22(2,15-7-10-18-8-5-4-6-9-18)21(17)25-20-13-11-19(23-3)12-14-20/h4-6,8-9,11-14,17,21H,7,10,15-16H2,1-3H3/t17-,21+,22-/m1/s1. The fraction of sp³-hybridized carbons (Fsp3) is 0.455. The molecule has 1 aliphatic rings. The maximum atomic E-state index is 6.27. The average molecular weight is 357 g/mol. The zero-order chi connectivity index (χ0) is 17.7. The van der Waals surface area contributed by atoms with Crippen molar-refractivity contribution in [2.75, 3.05) is 13.7 Å². The summed E-state index contributed by atoms with van der Waals surface area (Å²) in [5, 5.41) is 0.483. The van der Waals surface area contributed by atoms with Crippen LogP contribution < -0.4 is 4.74 Å². The van der Waals surface area contributed by atoms with Crippen LogP contribution in [0.1, 0.15) is 32.3 Å². The molecule has 0 bridgehead atoms. The molecule has 0 radical (unpaired) electrons. The molecule has 2 aromatic rings. The number of aryl methyl sites for hydroxylation is 1. The Hall–Kier alpha value is -1.45. The predicted molar refractivity (Wildman–Crippen MR) is 106 cm³/mol. The van der Waals surface area contributed by atoms with Crippen LogP contribution in [0.4, 0.5) is 0 Å². The Bertz CT molecular complexity index is 655. The molecule has 1 saturated heterocycles. The maximum absolute atomic E-state index is 6.27. The minimum absolute atomic E-state index is 0.0568. The molecule has 0 saturated carbocycles. The highest BCUT2D eigenvalue weighted by atomic mass is 32.2. The van der Waals surface area contributed by atoms with Crippen molar-refractivity contribution in [2.45, 2.75) is 48.9 Å². The van der Waals surface area contributed by atoms with E-state index in [0.29, 0.717) is 11.2 Å². The van der Waals surface area contributed by atoms with E-state index < -0.39 is 0 Å². The van der Waals surface area contributed by atoms with Gasteiger partial charge in [-0.3, -0.25) is 0 Å². The largest absolute Gasteiger partial charge is 0.497 e. The molecular weight excluding hydrogens is 328 g/mol. The first-order chi connectivity index (χ1) is 12.1. The first kappa shape index (κ1) is 18.3. The molecule has 3 heteroatoms. The van der Waals surface area contributed by atoms with Crippen LogP contribution in [0.5, 0.6) is 5.75 Å². The smallest absolute Gasteiger partial charge is 0.118 e. The van der Waals surface area contributed by atoms with Gasteiger partial charge in [0.1, 0.15) is 5.75 Å². The van der Waals surface area contributed by atoms with Crippen LogP contribution in [-0.4, -0.2) is 24.6 Å². The van der Waals surface area contributed by atoms with E-state index in [-0.39, 0.29) is 5.60 Å². The molecule has 134 valence electrons. The molecule has 0 spiro atoms. The first-order valence-corrected chi connectivity index (χ1v) is 9.97. The quantitative estimate of drug-likeness (QED) is 0.643. The second kappa shape index (κ2) is 8.29. The molecule has 1 heterocycles. The first-order valence-electron chi connectivity index (χ1n) is 9.09. The molecule has 1 aliphatic heterocycles. The van der Waals surface area contributed by atoms with Crippen LogP contribution in [0.25, 0.3) is 0 Å². The minimum atomic E-state index is -0.0568. The van der Waals surface area contributed by atoms with Crippen LogP contribution in [0.2, 0.25) is 0 Å². The summed E-state index contributed by atoms with van der Waals surface area (Å²) in [4.78, 5) is 1.29. The van der Waals surface area contributed by atoms with E-state index in [9.17, 15) is 0 Å². The van der Waals surface area contributed by atoms with E-state index in [1.165, 1.54) is 10.5 Å². The molecule has 3 rings (SSSR count). The second-order valence-corrected chi connectivity index (χ2v) is 8.37. The van der Waals surface area contributed by atoms with Gasteiger partial charge in [-0.2, -0.15) is 0 Å². The molecule has 25 heavy (non-hydrogen) atoms. The molecule has 0 aliphatic carbocycles. The highest BCUT2D eigenvalue weighted by molar-refractivity contribution is 8.00. The summed E-state index contributed by atoms with van der Waals surface area (Å²) in [5.41, 5.74) is 1.36. The van der Waals surface area contributed by atoms with Crippen LogP contribution >= 0.6 is 11.8 Å². The van der Waals surface area contributed by atoms with Crippen molar-refractivity contribution in [3.05, 3.63) is 60.2 Å². The fourth-order valence-corrected chi connectivity index (χ4v) is 4.97. The number of rotatable bonds is 7. The highest BCUT2D eigenvalue weighted by Crippen LogP contribution is 2.44. The Labute approximate surface area is 155 Å². The van der Waals surface area contributed by atoms with Crippen LogP contribution in [-0.2, 0) is 11.2 Å². The number of hydrogen-bond acceptors (Lipinski definition) is 3. The Morgan fingerprint density at radius 1 is 1.12 bits per heavy atom. The third-order valence-electron chi connectivity index (χ3n) is 5.10. The van der Waals surface area contributed by atoms with Gasteiger partial charge in [0.2, 0.25) is 0 Å². The fourth-order valence-electron chi connectivity index (χ4n) is 3.64. The van der Waals surface area contributed by atoms with E-state index in [0.717, 1.165) is 31.6 Å². The molecular formula is C22H28O2S. The molecule has 1 fully saturated rings. The highest BCUT2D eigenvalue weighted by Gasteiger charge is 2.44. The normalized spacial score (nSPS) is 25.9. The summed E-state index contributed by atoms with van der Waals surface area (Å²) < 4.78 is 11.5. The zero-order valence-electron chi connectivity index (χ0n) is 15.4. The van der Waals surface area contributed by atoms with Crippen molar-refractivity contribution in [2.24, 2.45) is 5.92 Å². The van der Waals surface area contributed by atoms with Gasteiger partial charge in [0.05, 0.1) is 19.3 Å². The van der Waals surface area contributed by atoms with Gasteiger partial charge < -0.3 is 9.47 Å². The molecule has 0 aromatic heterocycles. The Kier molecular flexibility index (Phi) is 6.08. The Balaban J connectivity index is 1.61. The van der Waals surface area contributed by atoms with Gasteiger partial charge in [-0.25, -0.2) is 0 Å². The van der Waals surface area contributed by atoms with Gasteiger partial charge in [-0.1, -0.05) is 37.3 Å². The molecule has 2 nitrogen and oxygen atoms in total. The zero-order valence-corrected chi connectivity index (χ0v) is 16.2. The number of methoxy groups -OCH3 is 1. The predicted octanol–water partition coefficient (Wildman–Crippen LogP) is 5.60. The van der Waals surface area contributed by atoms with Crippen LogP contribution in [0.3, 0.4) is 0 Å². The third kappa shape index (κ3) is 4.59. The lowest BCUT2D eigenvalue weighted by Crippen LogP contribution is -2.35. The molecule has 0 N–H and O–H groups in total. The maximum Gasteiger partial charge on any atom is 0.118 e. The monoisotopic (exact) mass is 356 g/mol. The summed E-state index contributed by atoms with van der Waals surface area (Å²) in [5.74, 6) is 1.47. The second-order valence-electron chi connectivity index (χ2n) is 7.15. The molecule has 0 unspecified atom stereocenters. The molecule has 2 aromatic carbocycles. The molecule has 0 amide bonds. The van der Waals surface area contributed by atoms with Gasteiger partial charge in [-0.05, 0) is 61.9 Å². The van der Waals surface area contributed by atoms with Crippen molar-refractivity contribution in [1.82, 2.24) is 0 Å². The Morgan fingerprint density at radius 2 is 1.84 bits per heavy atom. The SMILES string of the molecule is COc1ccc(S[C@H]2[C@H](C)CO[C@]2(C)CCCc2ccccc2)cc1. The Morgan fingerprint density at radius 3 is 2.52 bits per heavy atom. The lowest BCUT2D eigenvalue weighted by atomic mass is 9.90. The topological polar surface area (TPSA) is 18.5 Å². The van der Waals surface area contributed by atoms with Gasteiger partial charge in [0.15, 0.2) is 0 Å². The van der Waals surface area contributed by atoms with Crippen molar-refractivity contribution >= 4 is 11.8 Å². The average Bonchev–Trinajstić information content (AvgIpc) is 2.92. The number of benzene rings is 2. The summed E-state index contributed by atoms with van der Waals surface area (Å²) >= 11 is 1.95. The lowest BCUT2D eigenvalue weighted by molar-refractivity contribution is 0.0136. The summed E-state index contributed by atoms with van der Waals surface area (Å²) in [6.07, 6.45) is 3.38. The number of thioether (sulfide) groups is 1. The summed E-state index contributed by atoms with van der Waals surface area (Å²) in [6, 6.07) is 19.1. The van der Waals surface area contributed by atoms with Crippen molar-refractivity contribution in [3.63, 3.8) is 0 Å². The van der Waals surface area contributed by atoms with Crippen LogP contribution in [0, 0.1) is 5.92 Å². The number of ether oxygens (including phenoxy) is 2. The van der Waals surface area contributed by atoms with Gasteiger partial charge >= 0.3 is 0 Å². The van der Waals surface area contributed by atoms with Gasteiger partial charge in [-0.15, -0.1) is 11.8 Å². The van der Waals surface area contributed by atoms with E-state index >= 15 is 0 Å². The van der Waals surface area contributed by atoms with Crippen LogP contribution in [0.15, 0.2) is 59.5 Å². The van der Waals surface area contributed by atoms with E-state index in [1.54, 1.807) is 7.11 Å². The van der Waals surface area contributed by atoms with Gasteiger partial charge in [0, 0.05) is 10.1 Å². The van der Waals surface area contributed by atoms with Gasteiger partial charge in [0.25, 0.3) is 0 Å². The summed E-state index contributed by atoms with van der Waals surface area (Å²) in [6.45, 7) is 5.46. The van der Waals surface area contributed by atoms with Crippen molar-refractivity contribution in [1.29, 1.82) is 0 Å². The lowest BCUT2D eigenvalue weighted by Gasteiger charge is -2.31. The van der Waals surface area contributed by atoms with E-state index in [1.807, 2.05) is 23.9 Å². The third-order valence-corrected chi connectivity index (χ3v) is 6.86.